The zero-order valence-corrected chi connectivity index (χ0v) is 17.7. The Morgan fingerprint density at radius 2 is 2.03 bits per heavy atom. The average Bonchev–Trinajstić information content (AvgIpc) is 2.71. The van der Waals surface area contributed by atoms with Gasteiger partial charge in [0.05, 0.1) is 26.4 Å². The minimum Gasteiger partial charge on any atom is -0.496 e. The lowest BCUT2D eigenvalue weighted by molar-refractivity contribution is -0.145. The Bertz CT molecular complexity index is 753. The number of nitrogens with one attached hydrogen (secondary N) is 1. The summed E-state index contributed by atoms with van der Waals surface area (Å²) >= 11 is 1.36. The van der Waals surface area contributed by atoms with Gasteiger partial charge in [-0.3, -0.25) is 4.79 Å². The van der Waals surface area contributed by atoms with Crippen LogP contribution in [0.2, 0.25) is 0 Å². The van der Waals surface area contributed by atoms with Crippen molar-refractivity contribution < 1.29 is 33.7 Å². The van der Waals surface area contributed by atoms with E-state index >= 15 is 0 Å². The summed E-state index contributed by atoms with van der Waals surface area (Å²) in [4.78, 5) is 36.9. The van der Waals surface area contributed by atoms with Crippen molar-refractivity contribution >= 4 is 29.6 Å². The first kappa shape index (κ1) is 23.0. The maximum Gasteiger partial charge on any atom is 0.338 e. The molecule has 1 aliphatic heterocycles. The van der Waals surface area contributed by atoms with Crippen molar-refractivity contribution in [2.75, 3.05) is 26.6 Å². The van der Waals surface area contributed by atoms with Crippen LogP contribution in [0.4, 0.5) is 0 Å². The van der Waals surface area contributed by atoms with Crippen LogP contribution in [0.3, 0.4) is 0 Å². The van der Waals surface area contributed by atoms with Crippen LogP contribution in [0.1, 0.15) is 40.7 Å². The summed E-state index contributed by atoms with van der Waals surface area (Å²) in [6, 6.07) is 2.68. The molecule has 29 heavy (non-hydrogen) atoms. The lowest BCUT2D eigenvalue weighted by Crippen LogP contribution is -2.47. The molecule has 2 rings (SSSR count). The second-order valence-corrected chi connectivity index (χ2v) is 7.70. The predicted octanol–water partition coefficient (Wildman–Crippen LogP) is 1.60. The van der Waals surface area contributed by atoms with E-state index in [2.05, 4.69) is 5.32 Å². The molecule has 1 aromatic rings. The molecular weight excluding hydrogens is 398 g/mol. The summed E-state index contributed by atoms with van der Waals surface area (Å²) in [6.45, 7) is 1.98. The first-order chi connectivity index (χ1) is 13.9. The number of carbonyl (C=O) groups excluding carboxylic acids is 3. The summed E-state index contributed by atoms with van der Waals surface area (Å²) in [6.07, 6.45) is -0.0438. The van der Waals surface area contributed by atoms with Crippen LogP contribution >= 0.6 is 11.8 Å². The first-order valence-electron chi connectivity index (χ1n) is 9.36. The van der Waals surface area contributed by atoms with Crippen molar-refractivity contribution in [2.24, 2.45) is 0 Å². The Morgan fingerprint density at radius 3 is 2.72 bits per heavy atom. The van der Waals surface area contributed by atoms with Gasteiger partial charge in [0.25, 0.3) is 0 Å². The SMILES string of the molecule is COC(=O)C1CSCc2ccc(OC)c(C)c2C(=O)OCCCC[C@@H](O)C(=O)N1. The molecule has 0 spiro atoms. The monoisotopic (exact) mass is 425 g/mol. The second kappa shape index (κ2) is 11.1. The highest BCUT2D eigenvalue weighted by Gasteiger charge is 2.26. The molecule has 1 unspecified atom stereocenters. The number of benzene rings is 1. The molecule has 0 radical (unpaired) electrons. The Balaban J connectivity index is 2.29. The molecule has 1 aliphatic rings. The third kappa shape index (κ3) is 6.11. The van der Waals surface area contributed by atoms with Crippen LogP contribution in [0.5, 0.6) is 5.75 Å². The third-order valence-electron chi connectivity index (χ3n) is 4.68. The van der Waals surface area contributed by atoms with Crippen molar-refractivity contribution in [1.82, 2.24) is 5.32 Å². The molecule has 2 atom stereocenters. The van der Waals surface area contributed by atoms with Gasteiger partial charge in [0.15, 0.2) is 0 Å². The van der Waals surface area contributed by atoms with Gasteiger partial charge in [-0.25, -0.2) is 9.59 Å². The molecule has 0 bridgehead atoms. The Morgan fingerprint density at radius 1 is 1.28 bits per heavy atom. The van der Waals surface area contributed by atoms with E-state index in [0.717, 1.165) is 5.56 Å². The summed E-state index contributed by atoms with van der Waals surface area (Å²) in [5.74, 6) is -0.411. The number of cyclic esters (lactones) is 1. The number of hydrogen-bond donors (Lipinski definition) is 2. The van der Waals surface area contributed by atoms with Crippen molar-refractivity contribution in [2.45, 2.75) is 44.1 Å². The zero-order chi connectivity index (χ0) is 21.4. The van der Waals surface area contributed by atoms with Crippen LogP contribution < -0.4 is 10.1 Å². The highest BCUT2D eigenvalue weighted by molar-refractivity contribution is 7.98. The molecule has 1 aromatic carbocycles. The number of amides is 1. The summed E-state index contributed by atoms with van der Waals surface area (Å²) in [5, 5.41) is 12.6. The number of thioether (sulfide) groups is 1. The van der Waals surface area contributed by atoms with Gasteiger partial charge in [0.1, 0.15) is 17.9 Å². The molecule has 1 heterocycles. The smallest absolute Gasteiger partial charge is 0.338 e. The van der Waals surface area contributed by atoms with Gasteiger partial charge in [-0.1, -0.05) is 6.07 Å². The lowest BCUT2D eigenvalue weighted by atomic mass is 10.0. The van der Waals surface area contributed by atoms with Crippen molar-refractivity contribution in [3.8, 4) is 5.75 Å². The number of aliphatic hydroxyl groups is 1. The van der Waals surface area contributed by atoms with Crippen LogP contribution in [-0.2, 0) is 24.8 Å². The van der Waals surface area contributed by atoms with Crippen molar-refractivity contribution in [3.63, 3.8) is 0 Å². The minimum atomic E-state index is -1.24. The topological polar surface area (TPSA) is 111 Å². The molecule has 0 saturated carbocycles. The van der Waals surface area contributed by atoms with E-state index in [-0.39, 0.29) is 18.8 Å². The van der Waals surface area contributed by atoms with Crippen LogP contribution in [0.25, 0.3) is 0 Å². The van der Waals surface area contributed by atoms with E-state index in [9.17, 15) is 19.5 Å². The Kier molecular flexibility index (Phi) is 8.78. The third-order valence-corrected chi connectivity index (χ3v) is 5.76. The molecule has 0 saturated heterocycles. The summed E-state index contributed by atoms with van der Waals surface area (Å²) < 4.78 is 15.5. The van der Waals surface area contributed by atoms with Gasteiger partial charge in [0.2, 0.25) is 5.91 Å². The van der Waals surface area contributed by atoms with E-state index in [4.69, 9.17) is 14.2 Å². The highest BCUT2D eigenvalue weighted by Crippen LogP contribution is 2.28. The molecular formula is C20H27NO7S. The molecule has 0 aliphatic carbocycles. The fourth-order valence-corrected chi connectivity index (χ4v) is 4.08. The quantitative estimate of drug-likeness (QED) is 0.688. The molecule has 160 valence electrons. The second-order valence-electron chi connectivity index (χ2n) is 6.67. The summed E-state index contributed by atoms with van der Waals surface area (Å²) in [5.41, 5.74) is 1.89. The van der Waals surface area contributed by atoms with Gasteiger partial charge >= 0.3 is 11.9 Å². The highest BCUT2D eigenvalue weighted by atomic mass is 32.2. The van der Waals surface area contributed by atoms with E-state index in [1.165, 1.54) is 26.0 Å². The van der Waals surface area contributed by atoms with Crippen molar-refractivity contribution in [3.05, 3.63) is 28.8 Å². The van der Waals surface area contributed by atoms with Crippen molar-refractivity contribution in [1.29, 1.82) is 0 Å². The van der Waals surface area contributed by atoms with Crippen LogP contribution in [0.15, 0.2) is 12.1 Å². The van der Waals surface area contributed by atoms with Gasteiger partial charge in [-0.2, -0.15) is 11.8 Å². The molecule has 8 nitrogen and oxygen atoms in total. The van der Waals surface area contributed by atoms with Gasteiger partial charge < -0.3 is 24.6 Å². The van der Waals surface area contributed by atoms with Crippen LogP contribution in [0, 0.1) is 6.92 Å². The van der Waals surface area contributed by atoms with Gasteiger partial charge in [0, 0.05) is 17.1 Å². The predicted molar refractivity (Wildman–Crippen MR) is 108 cm³/mol. The fraction of sp³-hybridized carbons (Fsp3) is 0.550. The maximum absolute atomic E-state index is 12.7. The molecule has 0 aromatic heterocycles. The number of aliphatic hydroxyl groups excluding tert-OH is 1. The van der Waals surface area contributed by atoms with Gasteiger partial charge in [-0.15, -0.1) is 0 Å². The molecule has 2 N–H and O–H groups in total. The molecule has 1 amide bonds. The number of rotatable bonds is 2. The Hall–Kier alpha value is -2.26. The Labute approximate surface area is 174 Å². The van der Waals surface area contributed by atoms with Crippen LogP contribution in [-0.4, -0.2) is 61.7 Å². The lowest BCUT2D eigenvalue weighted by Gasteiger charge is -2.19. The first-order valence-corrected chi connectivity index (χ1v) is 10.5. The number of hydrogen-bond acceptors (Lipinski definition) is 8. The van der Waals surface area contributed by atoms with E-state index in [1.54, 1.807) is 19.1 Å². The average molecular weight is 426 g/mol. The largest absolute Gasteiger partial charge is 0.496 e. The van der Waals surface area contributed by atoms with E-state index < -0.39 is 30.0 Å². The zero-order valence-electron chi connectivity index (χ0n) is 16.9. The maximum atomic E-state index is 12.7. The standard InChI is InChI=1S/C20H27NO7S/c1-12-16(26-2)8-7-13-10-29-11-14(19(24)27-3)21-18(23)15(22)6-4-5-9-28-20(25)17(12)13/h7-8,14-15,22H,4-6,9-11H2,1-3H3,(H,21,23)/t14?,15-/m1/s1. The number of methoxy groups -OCH3 is 2. The number of carbonyl (C=O) groups is 3. The number of ether oxygens (including phenoxy) is 3. The number of esters is 2. The minimum absolute atomic E-state index is 0.182. The molecule has 0 fully saturated rings. The van der Waals surface area contributed by atoms with E-state index in [1.807, 2.05) is 0 Å². The summed E-state index contributed by atoms with van der Waals surface area (Å²) in [7, 11) is 2.78. The molecule has 9 heteroatoms. The normalized spacial score (nSPS) is 21.7. The fourth-order valence-electron chi connectivity index (χ4n) is 3.05. The van der Waals surface area contributed by atoms with E-state index in [0.29, 0.717) is 35.5 Å². The number of fused-ring (bicyclic) bond motifs is 1. The van der Waals surface area contributed by atoms with Gasteiger partial charge in [-0.05, 0) is 37.8 Å².